The zero-order valence-corrected chi connectivity index (χ0v) is 20.7. The van der Waals surface area contributed by atoms with E-state index in [-0.39, 0.29) is 0 Å². The number of aromatic nitrogens is 1. The van der Waals surface area contributed by atoms with E-state index >= 15 is 0 Å². The maximum absolute atomic E-state index is 4.84. The molecule has 1 heterocycles. The van der Waals surface area contributed by atoms with E-state index in [1.165, 1.54) is 4.70 Å². The Morgan fingerprint density at radius 2 is 1.49 bits per heavy atom. The Kier molecular flexibility index (Phi) is 6.47. The van der Waals surface area contributed by atoms with Gasteiger partial charge in [0.1, 0.15) is 5.01 Å². The molecule has 172 valence electrons. The third-order valence-corrected chi connectivity index (χ3v) is 7.02. The number of anilines is 3. The molecule has 4 aromatic carbocycles. The molecular formula is C31H27N3S. The molecule has 0 fully saturated rings. The quantitative estimate of drug-likeness (QED) is 0.221. The maximum Gasteiger partial charge on any atom is 0.124 e. The molecule has 5 aromatic rings. The highest BCUT2D eigenvalue weighted by Gasteiger charge is 2.16. The van der Waals surface area contributed by atoms with Gasteiger partial charge in [0.15, 0.2) is 0 Å². The molecule has 0 N–H and O–H groups in total. The van der Waals surface area contributed by atoms with E-state index < -0.39 is 0 Å². The molecule has 0 aliphatic carbocycles. The van der Waals surface area contributed by atoms with Crippen molar-refractivity contribution in [3.63, 3.8) is 0 Å². The number of nitrogens with zero attached hydrogens (tertiary/aromatic N) is 3. The van der Waals surface area contributed by atoms with Crippen LogP contribution < -0.4 is 9.80 Å². The van der Waals surface area contributed by atoms with Crippen molar-refractivity contribution < 1.29 is 0 Å². The van der Waals surface area contributed by atoms with Gasteiger partial charge in [0.25, 0.3) is 0 Å². The SMILES string of the molecule is C=C(/C=C/N(C)c1ccccc1)N(c1ccccc1)c1ccc(-c2nc3ccccc3s2)cc1C. The van der Waals surface area contributed by atoms with Gasteiger partial charge in [-0.3, -0.25) is 0 Å². The van der Waals surface area contributed by atoms with Crippen LogP contribution in [0.15, 0.2) is 128 Å². The zero-order chi connectivity index (χ0) is 24.2. The van der Waals surface area contributed by atoms with Crippen LogP contribution in [0.3, 0.4) is 0 Å². The molecule has 0 amide bonds. The number of hydrogen-bond donors (Lipinski definition) is 0. The first-order chi connectivity index (χ1) is 17.1. The van der Waals surface area contributed by atoms with E-state index in [2.05, 4.69) is 108 Å². The second kappa shape index (κ2) is 10.00. The van der Waals surface area contributed by atoms with Gasteiger partial charge in [-0.1, -0.05) is 55.1 Å². The molecule has 0 radical (unpaired) electrons. The van der Waals surface area contributed by atoms with Crippen molar-refractivity contribution in [2.24, 2.45) is 0 Å². The Bertz CT molecular complexity index is 1450. The summed E-state index contributed by atoms with van der Waals surface area (Å²) in [5, 5.41) is 1.04. The van der Waals surface area contributed by atoms with E-state index in [0.717, 1.165) is 44.4 Å². The Morgan fingerprint density at radius 3 is 2.17 bits per heavy atom. The van der Waals surface area contributed by atoms with Crippen LogP contribution in [0.2, 0.25) is 0 Å². The summed E-state index contributed by atoms with van der Waals surface area (Å²) in [5.41, 5.74) is 7.51. The number of thiazole rings is 1. The van der Waals surface area contributed by atoms with E-state index in [0.29, 0.717) is 0 Å². The predicted octanol–water partition coefficient (Wildman–Crippen LogP) is 8.57. The molecule has 0 atom stereocenters. The first-order valence-corrected chi connectivity index (χ1v) is 12.4. The summed E-state index contributed by atoms with van der Waals surface area (Å²) in [6.45, 7) is 6.57. The lowest BCUT2D eigenvalue weighted by Gasteiger charge is -2.28. The number of para-hydroxylation sites is 3. The lowest BCUT2D eigenvalue weighted by molar-refractivity contribution is 1.16. The van der Waals surface area contributed by atoms with Crippen LogP contribution >= 0.6 is 11.3 Å². The minimum Gasteiger partial charge on any atom is -0.351 e. The summed E-state index contributed by atoms with van der Waals surface area (Å²) in [5.74, 6) is 0. The lowest BCUT2D eigenvalue weighted by atomic mass is 10.1. The highest BCUT2D eigenvalue weighted by atomic mass is 32.1. The summed E-state index contributed by atoms with van der Waals surface area (Å²) in [6.07, 6.45) is 4.11. The average molecular weight is 474 g/mol. The standard InChI is InChI=1S/C31H27N3S/c1-23-22-25(31-32-28-16-10-11-17-30(28)35-31)18-19-29(23)34(27-14-8-5-9-15-27)24(2)20-21-33(3)26-12-6-4-7-13-26/h4-22H,2H2,1,3H3/b21-20+. The van der Waals surface area contributed by atoms with Crippen LogP contribution in [0.25, 0.3) is 20.8 Å². The van der Waals surface area contributed by atoms with Gasteiger partial charge in [0.2, 0.25) is 0 Å². The second-order valence-electron chi connectivity index (χ2n) is 8.41. The number of allylic oxidation sites excluding steroid dienone is 1. The van der Waals surface area contributed by atoms with Crippen LogP contribution in [0.5, 0.6) is 0 Å². The summed E-state index contributed by atoms with van der Waals surface area (Å²) in [4.78, 5) is 9.14. The van der Waals surface area contributed by atoms with Crippen LogP contribution in [-0.2, 0) is 0 Å². The van der Waals surface area contributed by atoms with E-state index in [4.69, 9.17) is 4.98 Å². The third-order valence-electron chi connectivity index (χ3n) is 5.93. The van der Waals surface area contributed by atoms with Crippen LogP contribution in [0, 0.1) is 6.92 Å². The van der Waals surface area contributed by atoms with Gasteiger partial charge >= 0.3 is 0 Å². The van der Waals surface area contributed by atoms with Crippen molar-refractivity contribution in [1.29, 1.82) is 0 Å². The summed E-state index contributed by atoms with van der Waals surface area (Å²) in [7, 11) is 2.05. The van der Waals surface area contributed by atoms with Gasteiger partial charge in [0.05, 0.1) is 10.2 Å². The fourth-order valence-electron chi connectivity index (χ4n) is 4.09. The van der Waals surface area contributed by atoms with Crippen molar-refractivity contribution in [1.82, 2.24) is 4.98 Å². The summed E-state index contributed by atoms with van der Waals surface area (Å²) < 4.78 is 1.20. The molecule has 0 aliphatic heterocycles. The molecule has 4 heteroatoms. The molecular weight excluding hydrogens is 446 g/mol. The van der Waals surface area contributed by atoms with Crippen molar-refractivity contribution in [3.05, 3.63) is 133 Å². The highest BCUT2D eigenvalue weighted by molar-refractivity contribution is 7.21. The molecule has 0 bridgehead atoms. The topological polar surface area (TPSA) is 19.4 Å². The number of fused-ring (bicyclic) bond motifs is 1. The van der Waals surface area contributed by atoms with Crippen molar-refractivity contribution in [2.75, 3.05) is 16.8 Å². The molecule has 0 saturated carbocycles. The zero-order valence-electron chi connectivity index (χ0n) is 19.9. The number of rotatable bonds is 7. The average Bonchev–Trinajstić information content (AvgIpc) is 3.34. The van der Waals surface area contributed by atoms with Crippen molar-refractivity contribution in [2.45, 2.75) is 6.92 Å². The monoisotopic (exact) mass is 473 g/mol. The van der Waals surface area contributed by atoms with Crippen LogP contribution in [0.1, 0.15) is 5.56 Å². The molecule has 0 aliphatic rings. The highest BCUT2D eigenvalue weighted by Crippen LogP contribution is 2.36. The van der Waals surface area contributed by atoms with Gasteiger partial charge in [-0.2, -0.15) is 0 Å². The Labute approximate surface area is 210 Å². The Hall–Kier alpha value is -4.15. The number of hydrogen-bond acceptors (Lipinski definition) is 4. The fourth-order valence-corrected chi connectivity index (χ4v) is 5.06. The molecule has 1 aromatic heterocycles. The summed E-state index contributed by atoms with van der Waals surface area (Å²) in [6, 6.07) is 35.5. The Morgan fingerprint density at radius 1 is 0.829 bits per heavy atom. The van der Waals surface area contributed by atoms with E-state index in [1.807, 2.05) is 37.4 Å². The minimum absolute atomic E-state index is 0.884. The number of benzene rings is 4. The molecule has 0 saturated heterocycles. The fraction of sp³-hybridized carbons (Fsp3) is 0.0645. The van der Waals surface area contributed by atoms with Gasteiger partial charge < -0.3 is 9.80 Å². The van der Waals surface area contributed by atoms with Gasteiger partial charge in [-0.05, 0) is 73.2 Å². The van der Waals surface area contributed by atoms with Crippen molar-refractivity contribution in [3.8, 4) is 10.6 Å². The second-order valence-corrected chi connectivity index (χ2v) is 9.44. The van der Waals surface area contributed by atoms with E-state index in [1.54, 1.807) is 11.3 Å². The van der Waals surface area contributed by atoms with E-state index in [9.17, 15) is 0 Å². The minimum atomic E-state index is 0.884. The third kappa shape index (κ3) is 4.88. The van der Waals surface area contributed by atoms with Gasteiger partial charge in [-0.15, -0.1) is 11.3 Å². The molecule has 3 nitrogen and oxygen atoms in total. The van der Waals surface area contributed by atoms with Crippen LogP contribution in [-0.4, -0.2) is 12.0 Å². The number of aryl methyl sites for hydroxylation is 1. The Balaban J connectivity index is 1.48. The van der Waals surface area contributed by atoms with Gasteiger partial charge in [-0.25, -0.2) is 4.98 Å². The molecule has 35 heavy (non-hydrogen) atoms. The largest absolute Gasteiger partial charge is 0.351 e. The molecule has 5 rings (SSSR count). The summed E-state index contributed by atoms with van der Waals surface area (Å²) >= 11 is 1.73. The molecule has 0 spiro atoms. The smallest absolute Gasteiger partial charge is 0.124 e. The predicted molar refractivity (Wildman–Crippen MR) is 151 cm³/mol. The molecule has 0 unspecified atom stereocenters. The maximum atomic E-state index is 4.84. The lowest BCUT2D eigenvalue weighted by Crippen LogP contribution is -2.16. The first kappa shape index (κ1) is 22.6. The van der Waals surface area contributed by atoms with Gasteiger partial charge in [0, 0.05) is 41.6 Å². The van der Waals surface area contributed by atoms with Crippen molar-refractivity contribution >= 4 is 38.6 Å². The first-order valence-electron chi connectivity index (χ1n) is 11.6. The normalized spacial score (nSPS) is 11.1. The van der Waals surface area contributed by atoms with Crippen LogP contribution in [0.4, 0.5) is 17.1 Å².